The van der Waals surface area contributed by atoms with Crippen molar-refractivity contribution in [2.45, 2.75) is 32.4 Å². The average molecular weight is 497 g/mol. The number of piperidine rings is 1. The Labute approximate surface area is 209 Å². The molecule has 11 heteroatoms. The molecule has 0 aliphatic carbocycles. The number of halogens is 1. The zero-order valence-corrected chi connectivity index (χ0v) is 20.6. The Morgan fingerprint density at radius 3 is 2.75 bits per heavy atom. The molecular weight excluding hydrogens is 463 g/mol. The van der Waals surface area contributed by atoms with Gasteiger partial charge in [0, 0.05) is 44.5 Å². The van der Waals surface area contributed by atoms with E-state index in [2.05, 4.69) is 20.4 Å². The van der Waals surface area contributed by atoms with E-state index in [1.165, 1.54) is 6.33 Å². The van der Waals surface area contributed by atoms with Crippen molar-refractivity contribution in [2.75, 3.05) is 42.9 Å². The van der Waals surface area contributed by atoms with Crippen molar-refractivity contribution in [3.63, 3.8) is 0 Å². The lowest BCUT2D eigenvalue weighted by Gasteiger charge is -2.42. The molecule has 0 bridgehead atoms. The lowest BCUT2D eigenvalue weighted by atomic mass is 9.82. The molecule has 4 N–H and O–H groups in total. The summed E-state index contributed by atoms with van der Waals surface area (Å²) in [4.78, 5) is 23.2. The van der Waals surface area contributed by atoms with Crippen LogP contribution in [0.15, 0.2) is 49.1 Å². The van der Waals surface area contributed by atoms with Crippen LogP contribution >= 0.6 is 0 Å². The van der Waals surface area contributed by atoms with Gasteiger partial charge < -0.3 is 21.1 Å². The van der Waals surface area contributed by atoms with Crippen LogP contribution in [0.5, 0.6) is 0 Å². The molecule has 0 saturated carbocycles. The number of carbonyl (C=O) groups is 1. The Kier molecular flexibility index (Phi) is 7.80. The Bertz CT molecular complexity index is 1150. The average Bonchev–Trinajstić information content (AvgIpc) is 3.38. The minimum Gasteiger partial charge on any atom is -0.388 e. The highest BCUT2D eigenvalue weighted by Gasteiger charge is 2.38. The van der Waals surface area contributed by atoms with E-state index in [1.807, 2.05) is 53.3 Å². The molecule has 1 aliphatic rings. The molecule has 1 aliphatic heterocycles. The lowest BCUT2D eigenvalue weighted by Crippen LogP contribution is -2.55. The molecule has 0 spiro atoms. The number of likely N-dealkylation sites (tertiary alicyclic amines) is 1. The van der Waals surface area contributed by atoms with Gasteiger partial charge in [-0.05, 0) is 50.6 Å². The maximum absolute atomic E-state index is 15.5. The summed E-state index contributed by atoms with van der Waals surface area (Å²) >= 11 is 0. The van der Waals surface area contributed by atoms with Gasteiger partial charge in [0.2, 0.25) is 11.7 Å². The molecule has 0 radical (unpaired) electrons. The van der Waals surface area contributed by atoms with Crippen LogP contribution in [0.4, 0.5) is 16.0 Å². The first-order valence-corrected chi connectivity index (χ1v) is 12.1. The summed E-state index contributed by atoms with van der Waals surface area (Å²) in [7, 11) is 0. The quantitative estimate of drug-likeness (QED) is 0.388. The summed E-state index contributed by atoms with van der Waals surface area (Å²) in [5, 5.41) is 18.2. The van der Waals surface area contributed by atoms with Gasteiger partial charge in [-0.15, -0.1) is 0 Å². The van der Waals surface area contributed by atoms with E-state index in [9.17, 15) is 9.90 Å². The number of β-amino-alcohol motifs (C(OH)–C–C–N with tert-alkyl or cyclic N) is 1. The zero-order valence-electron chi connectivity index (χ0n) is 20.6. The van der Waals surface area contributed by atoms with Crippen molar-refractivity contribution in [2.24, 2.45) is 11.7 Å². The first-order valence-electron chi connectivity index (χ1n) is 12.1. The summed E-state index contributed by atoms with van der Waals surface area (Å²) in [6.45, 7) is 6.12. The third kappa shape index (κ3) is 5.97. The fraction of sp³-hybridized carbons (Fsp3) is 0.440. The molecule has 2 aromatic heterocycles. The molecule has 1 fully saturated rings. The number of aromatic nitrogens is 4. The van der Waals surface area contributed by atoms with Crippen LogP contribution in [0, 0.1) is 11.7 Å². The minimum atomic E-state index is -1.05. The molecule has 192 valence electrons. The standard InChI is InChI=1S/C25H33FN8O2/c1-3-33(14-18-5-7-20(8-6-18)34-11-4-10-31-34)24-22(26)23(29-17-30-24)28-13-19-9-12-32(15-21(27)35)16-25(19,2)36/h4-8,10-11,17,19,36H,3,9,12-16H2,1-2H3,(H2,27,35)(H,28,29,30)/t19-,25-/m0/s1. The van der Waals surface area contributed by atoms with Gasteiger partial charge in [-0.1, -0.05) is 12.1 Å². The molecule has 3 heterocycles. The van der Waals surface area contributed by atoms with Crippen molar-refractivity contribution in [1.29, 1.82) is 0 Å². The molecule has 0 unspecified atom stereocenters. The maximum atomic E-state index is 15.5. The number of benzene rings is 1. The summed E-state index contributed by atoms with van der Waals surface area (Å²) in [5.41, 5.74) is 6.19. The number of rotatable bonds is 10. The Hall–Kier alpha value is -3.57. The number of aliphatic hydroxyl groups is 1. The van der Waals surface area contributed by atoms with E-state index in [-0.39, 0.29) is 24.1 Å². The number of carbonyl (C=O) groups excluding carboxylic acids is 1. The number of nitrogens with zero attached hydrogens (tertiary/aromatic N) is 6. The normalized spacial score (nSPS) is 20.3. The van der Waals surface area contributed by atoms with Crippen molar-refractivity contribution in [3.8, 4) is 5.69 Å². The highest BCUT2D eigenvalue weighted by Crippen LogP contribution is 2.29. The molecule has 10 nitrogen and oxygen atoms in total. The second-order valence-corrected chi connectivity index (χ2v) is 9.39. The van der Waals surface area contributed by atoms with Crippen molar-refractivity contribution < 1.29 is 14.3 Å². The van der Waals surface area contributed by atoms with Crippen molar-refractivity contribution in [3.05, 3.63) is 60.4 Å². The van der Waals surface area contributed by atoms with Crippen molar-refractivity contribution in [1.82, 2.24) is 24.6 Å². The van der Waals surface area contributed by atoms with Crippen LogP contribution in [0.1, 0.15) is 25.8 Å². The zero-order chi connectivity index (χ0) is 25.7. The number of anilines is 2. The number of primary amides is 1. The number of amides is 1. The monoisotopic (exact) mass is 496 g/mol. The van der Waals surface area contributed by atoms with E-state index in [4.69, 9.17) is 5.73 Å². The second kappa shape index (κ2) is 11.0. The van der Waals surface area contributed by atoms with Gasteiger partial charge in [0.15, 0.2) is 11.6 Å². The fourth-order valence-electron chi connectivity index (χ4n) is 4.64. The first-order chi connectivity index (χ1) is 17.3. The molecule has 36 heavy (non-hydrogen) atoms. The number of hydrogen-bond donors (Lipinski definition) is 3. The second-order valence-electron chi connectivity index (χ2n) is 9.39. The van der Waals surface area contributed by atoms with Crippen LogP contribution in [0.2, 0.25) is 0 Å². The lowest BCUT2D eigenvalue weighted by molar-refractivity contribution is -0.121. The molecule has 3 aromatic rings. The van der Waals surface area contributed by atoms with Crippen LogP contribution in [-0.2, 0) is 11.3 Å². The van der Waals surface area contributed by atoms with E-state index >= 15 is 4.39 Å². The molecule has 4 rings (SSSR count). The minimum absolute atomic E-state index is 0.0999. The first kappa shape index (κ1) is 25.5. The molecule has 1 saturated heterocycles. The van der Waals surface area contributed by atoms with E-state index in [1.54, 1.807) is 17.8 Å². The predicted molar refractivity (Wildman–Crippen MR) is 135 cm³/mol. The molecule has 1 aromatic carbocycles. The molecular formula is C25H33FN8O2. The van der Waals surface area contributed by atoms with E-state index in [0.717, 1.165) is 11.3 Å². The largest absolute Gasteiger partial charge is 0.388 e. The van der Waals surface area contributed by atoms with Gasteiger partial charge in [-0.3, -0.25) is 9.69 Å². The topological polar surface area (TPSA) is 125 Å². The van der Waals surface area contributed by atoms with Gasteiger partial charge in [-0.2, -0.15) is 9.49 Å². The van der Waals surface area contributed by atoms with Crippen molar-refractivity contribution >= 4 is 17.5 Å². The van der Waals surface area contributed by atoms with Gasteiger partial charge in [0.05, 0.1) is 17.8 Å². The number of nitrogens with one attached hydrogen (secondary N) is 1. The smallest absolute Gasteiger partial charge is 0.231 e. The highest BCUT2D eigenvalue weighted by molar-refractivity contribution is 5.75. The predicted octanol–water partition coefficient (Wildman–Crippen LogP) is 1.80. The Morgan fingerprint density at radius 1 is 1.33 bits per heavy atom. The number of nitrogens with two attached hydrogens (primary N) is 1. The van der Waals surface area contributed by atoms with Gasteiger partial charge in [-0.25, -0.2) is 14.6 Å². The van der Waals surface area contributed by atoms with Crippen LogP contribution in [-0.4, -0.2) is 74.0 Å². The molecule has 1 amide bonds. The third-order valence-corrected chi connectivity index (χ3v) is 6.64. The third-order valence-electron chi connectivity index (χ3n) is 6.64. The van der Waals surface area contributed by atoms with Crippen LogP contribution in [0.3, 0.4) is 0 Å². The highest BCUT2D eigenvalue weighted by atomic mass is 19.1. The SMILES string of the molecule is CCN(Cc1ccc(-n2cccn2)cc1)c1ncnc(NC[C@@H]2CCN(CC(N)=O)C[C@]2(C)O)c1F. The Balaban J connectivity index is 1.41. The molecule has 2 atom stereocenters. The van der Waals surface area contributed by atoms with Gasteiger partial charge in [0.25, 0.3) is 0 Å². The van der Waals surface area contributed by atoms with E-state index in [0.29, 0.717) is 39.1 Å². The van der Waals surface area contributed by atoms with E-state index < -0.39 is 17.3 Å². The summed E-state index contributed by atoms with van der Waals surface area (Å²) in [5.74, 6) is -0.780. The Morgan fingerprint density at radius 2 is 2.11 bits per heavy atom. The fourth-order valence-corrected chi connectivity index (χ4v) is 4.64. The summed E-state index contributed by atoms with van der Waals surface area (Å²) in [6.07, 6.45) is 5.59. The van der Waals surface area contributed by atoms with Gasteiger partial charge >= 0.3 is 0 Å². The summed E-state index contributed by atoms with van der Waals surface area (Å²) in [6, 6.07) is 9.79. The van der Waals surface area contributed by atoms with Crippen LogP contribution < -0.4 is 16.0 Å². The van der Waals surface area contributed by atoms with Gasteiger partial charge in [0.1, 0.15) is 6.33 Å². The number of hydrogen-bond acceptors (Lipinski definition) is 8. The van der Waals surface area contributed by atoms with Crippen LogP contribution in [0.25, 0.3) is 5.69 Å². The summed E-state index contributed by atoms with van der Waals surface area (Å²) < 4.78 is 17.2. The maximum Gasteiger partial charge on any atom is 0.231 e.